The van der Waals surface area contributed by atoms with Crippen LogP contribution >= 0.6 is 0 Å². The molecule has 0 bridgehead atoms. The van der Waals surface area contributed by atoms with E-state index in [1.54, 1.807) is 0 Å². The van der Waals surface area contributed by atoms with E-state index < -0.39 is 0 Å². The minimum atomic E-state index is 0.667. The molecule has 0 amide bonds. The van der Waals surface area contributed by atoms with Gasteiger partial charge in [-0.2, -0.15) is 5.10 Å². The lowest BCUT2D eigenvalue weighted by atomic mass is 10.2. The molecule has 0 aliphatic heterocycles. The Morgan fingerprint density at radius 2 is 1.88 bits per heavy atom. The first-order valence-corrected chi connectivity index (χ1v) is 5.53. The summed E-state index contributed by atoms with van der Waals surface area (Å²) >= 11 is 0. The van der Waals surface area contributed by atoms with E-state index in [1.807, 2.05) is 11.6 Å². The van der Waals surface area contributed by atoms with Crippen LogP contribution in [-0.2, 0) is 6.42 Å². The van der Waals surface area contributed by atoms with Gasteiger partial charge in [-0.25, -0.2) is 4.68 Å². The first-order chi connectivity index (χ1) is 7.70. The van der Waals surface area contributed by atoms with Gasteiger partial charge >= 0.3 is 0 Å². The van der Waals surface area contributed by atoms with Gasteiger partial charge in [0.15, 0.2) is 0 Å². The van der Waals surface area contributed by atoms with Crippen LogP contribution in [0.5, 0.6) is 0 Å². The smallest absolute Gasteiger partial charge is 0.0645 e. The predicted molar refractivity (Wildman–Crippen MR) is 65.8 cm³/mol. The molecule has 0 aliphatic rings. The van der Waals surface area contributed by atoms with Gasteiger partial charge in [0.2, 0.25) is 0 Å². The second-order valence-electron chi connectivity index (χ2n) is 4.06. The van der Waals surface area contributed by atoms with Crippen LogP contribution in [-0.4, -0.2) is 16.3 Å². The van der Waals surface area contributed by atoms with Crippen LogP contribution in [0.2, 0.25) is 0 Å². The van der Waals surface area contributed by atoms with E-state index >= 15 is 0 Å². The number of nitrogens with two attached hydrogens (primary N) is 1. The molecule has 0 aliphatic carbocycles. The molecule has 3 heteroatoms. The van der Waals surface area contributed by atoms with Gasteiger partial charge in [0.05, 0.1) is 11.4 Å². The van der Waals surface area contributed by atoms with Crippen LogP contribution in [0.3, 0.4) is 0 Å². The molecule has 1 heterocycles. The average Bonchev–Trinajstić information content (AvgIpc) is 2.62. The molecule has 0 saturated heterocycles. The molecular formula is C13H17N3. The van der Waals surface area contributed by atoms with E-state index in [2.05, 4.69) is 42.5 Å². The van der Waals surface area contributed by atoms with Crippen molar-refractivity contribution in [1.82, 2.24) is 9.78 Å². The van der Waals surface area contributed by atoms with Gasteiger partial charge in [-0.1, -0.05) is 17.7 Å². The van der Waals surface area contributed by atoms with E-state index in [1.165, 1.54) is 11.1 Å². The lowest BCUT2D eigenvalue weighted by Gasteiger charge is -2.00. The van der Waals surface area contributed by atoms with E-state index in [-0.39, 0.29) is 0 Å². The van der Waals surface area contributed by atoms with Gasteiger partial charge in [-0.15, -0.1) is 0 Å². The molecule has 0 unspecified atom stereocenters. The number of hydrogen-bond donors (Lipinski definition) is 1. The third-order valence-electron chi connectivity index (χ3n) is 2.71. The largest absolute Gasteiger partial charge is 0.330 e. The molecule has 0 radical (unpaired) electrons. The summed E-state index contributed by atoms with van der Waals surface area (Å²) in [5, 5.41) is 4.49. The highest BCUT2D eigenvalue weighted by Crippen LogP contribution is 2.12. The molecule has 1 aromatic heterocycles. The maximum atomic E-state index is 5.56. The van der Waals surface area contributed by atoms with Gasteiger partial charge < -0.3 is 5.73 Å². The molecule has 2 aromatic rings. The first-order valence-electron chi connectivity index (χ1n) is 5.53. The van der Waals surface area contributed by atoms with Gasteiger partial charge in [0.25, 0.3) is 0 Å². The van der Waals surface area contributed by atoms with Crippen LogP contribution in [0.25, 0.3) is 5.69 Å². The Bertz CT molecular complexity index is 468. The van der Waals surface area contributed by atoms with Gasteiger partial charge in [-0.05, 0) is 44.5 Å². The molecule has 0 atom stereocenters. The Hall–Kier alpha value is -1.61. The summed E-state index contributed by atoms with van der Waals surface area (Å²) in [5.41, 5.74) is 10.2. The van der Waals surface area contributed by atoms with E-state index in [0.29, 0.717) is 6.54 Å². The number of benzene rings is 1. The fourth-order valence-electron chi connectivity index (χ4n) is 1.73. The lowest BCUT2D eigenvalue weighted by Crippen LogP contribution is -2.02. The topological polar surface area (TPSA) is 43.8 Å². The number of rotatable bonds is 3. The van der Waals surface area contributed by atoms with Crippen LogP contribution in [0.4, 0.5) is 0 Å². The van der Waals surface area contributed by atoms with Crippen molar-refractivity contribution in [3.05, 3.63) is 47.3 Å². The average molecular weight is 215 g/mol. The SMILES string of the molecule is Cc1ccc(-n2cc(CCN)c(C)n2)cc1. The molecule has 2 N–H and O–H groups in total. The fraction of sp³-hybridized carbons (Fsp3) is 0.308. The van der Waals surface area contributed by atoms with Crippen LogP contribution in [0, 0.1) is 13.8 Å². The normalized spacial score (nSPS) is 10.7. The Morgan fingerprint density at radius 1 is 1.19 bits per heavy atom. The molecule has 84 valence electrons. The molecule has 0 spiro atoms. The van der Waals surface area contributed by atoms with Crippen molar-refractivity contribution in [1.29, 1.82) is 0 Å². The summed E-state index contributed by atoms with van der Waals surface area (Å²) in [7, 11) is 0. The van der Waals surface area contributed by atoms with Gasteiger partial charge in [-0.3, -0.25) is 0 Å². The number of hydrogen-bond acceptors (Lipinski definition) is 2. The van der Waals surface area contributed by atoms with Crippen molar-refractivity contribution in [3.8, 4) is 5.69 Å². The Balaban J connectivity index is 2.33. The van der Waals surface area contributed by atoms with Crippen molar-refractivity contribution in [2.24, 2.45) is 5.73 Å². The highest BCUT2D eigenvalue weighted by molar-refractivity contribution is 5.35. The second-order valence-corrected chi connectivity index (χ2v) is 4.06. The molecule has 0 fully saturated rings. The molecule has 1 aromatic carbocycles. The zero-order valence-corrected chi connectivity index (χ0v) is 9.77. The summed E-state index contributed by atoms with van der Waals surface area (Å²) in [6.45, 7) is 4.77. The van der Waals surface area contributed by atoms with Crippen molar-refractivity contribution in [2.75, 3.05) is 6.54 Å². The highest BCUT2D eigenvalue weighted by Gasteiger charge is 2.04. The quantitative estimate of drug-likeness (QED) is 0.851. The Kier molecular flexibility index (Phi) is 3.06. The highest BCUT2D eigenvalue weighted by atomic mass is 15.3. The fourth-order valence-corrected chi connectivity index (χ4v) is 1.73. The maximum absolute atomic E-state index is 5.56. The lowest BCUT2D eigenvalue weighted by molar-refractivity contribution is 0.862. The summed E-state index contributed by atoms with van der Waals surface area (Å²) in [4.78, 5) is 0. The van der Waals surface area contributed by atoms with Crippen molar-refractivity contribution in [3.63, 3.8) is 0 Å². The summed E-state index contributed by atoms with van der Waals surface area (Å²) in [6, 6.07) is 8.34. The molecule has 3 nitrogen and oxygen atoms in total. The maximum Gasteiger partial charge on any atom is 0.0645 e. The van der Waals surface area contributed by atoms with Crippen molar-refractivity contribution >= 4 is 0 Å². The second kappa shape index (κ2) is 4.49. The Labute approximate surface area is 95.9 Å². The summed E-state index contributed by atoms with van der Waals surface area (Å²) < 4.78 is 1.92. The van der Waals surface area contributed by atoms with E-state index in [9.17, 15) is 0 Å². The molecule has 2 rings (SSSR count). The molecular weight excluding hydrogens is 198 g/mol. The number of aryl methyl sites for hydroxylation is 2. The van der Waals surface area contributed by atoms with E-state index in [0.717, 1.165) is 17.8 Å². The summed E-state index contributed by atoms with van der Waals surface area (Å²) in [6.07, 6.45) is 2.95. The van der Waals surface area contributed by atoms with Gasteiger partial charge in [0, 0.05) is 6.20 Å². The monoisotopic (exact) mass is 215 g/mol. The third-order valence-corrected chi connectivity index (χ3v) is 2.71. The van der Waals surface area contributed by atoms with Crippen LogP contribution in [0.15, 0.2) is 30.5 Å². The minimum absolute atomic E-state index is 0.667. The predicted octanol–water partition coefficient (Wildman–Crippen LogP) is 1.99. The first kappa shape index (κ1) is 10.9. The van der Waals surface area contributed by atoms with Gasteiger partial charge in [0.1, 0.15) is 0 Å². The zero-order chi connectivity index (χ0) is 11.5. The molecule has 0 saturated carbocycles. The Morgan fingerprint density at radius 3 is 2.50 bits per heavy atom. The number of aromatic nitrogens is 2. The minimum Gasteiger partial charge on any atom is -0.330 e. The van der Waals surface area contributed by atoms with Crippen molar-refractivity contribution < 1.29 is 0 Å². The van der Waals surface area contributed by atoms with Crippen LogP contribution < -0.4 is 5.73 Å². The van der Waals surface area contributed by atoms with Crippen molar-refractivity contribution in [2.45, 2.75) is 20.3 Å². The third kappa shape index (κ3) is 2.14. The molecule has 16 heavy (non-hydrogen) atoms. The standard InChI is InChI=1S/C13H17N3/c1-10-3-5-13(6-4-10)16-9-12(7-8-14)11(2)15-16/h3-6,9H,7-8,14H2,1-2H3. The zero-order valence-electron chi connectivity index (χ0n) is 9.77. The van der Waals surface area contributed by atoms with Crippen LogP contribution in [0.1, 0.15) is 16.8 Å². The van der Waals surface area contributed by atoms with E-state index in [4.69, 9.17) is 5.73 Å². The summed E-state index contributed by atoms with van der Waals surface area (Å²) in [5.74, 6) is 0. The number of nitrogens with zero attached hydrogens (tertiary/aromatic N) is 2.